The predicted molar refractivity (Wildman–Crippen MR) is 101 cm³/mol. The van der Waals surface area contributed by atoms with E-state index in [1.165, 1.54) is 17.3 Å². The minimum atomic E-state index is 0.0413. The monoisotopic (exact) mass is 357 g/mol. The van der Waals surface area contributed by atoms with Crippen molar-refractivity contribution in [3.8, 4) is 10.4 Å². The van der Waals surface area contributed by atoms with Crippen LogP contribution in [0.1, 0.15) is 20.3 Å². The lowest BCUT2D eigenvalue weighted by Crippen LogP contribution is -2.33. The molecule has 24 heavy (non-hydrogen) atoms. The van der Waals surface area contributed by atoms with E-state index >= 15 is 0 Å². The van der Waals surface area contributed by atoms with E-state index in [1.54, 1.807) is 17.7 Å². The third kappa shape index (κ3) is 3.94. The van der Waals surface area contributed by atoms with Crippen molar-refractivity contribution in [2.75, 3.05) is 5.75 Å². The van der Waals surface area contributed by atoms with Gasteiger partial charge in [-0.1, -0.05) is 49.0 Å². The van der Waals surface area contributed by atoms with Gasteiger partial charge in [0, 0.05) is 16.3 Å². The molecule has 0 fully saturated rings. The highest BCUT2D eigenvalue weighted by molar-refractivity contribution is 8.00. The minimum absolute atomic E-state index is 0.0413. The van der Waals surface area contributed by atoms with Crippen LogP contribution in [-0.4, -0.2) is 27.7 Å². The molecule has 0 radical (unpaired) electrons. The molecule has 4 nitrogen and oxygen atoms in total. The molecule has 3 aromatic rings. The zero-order valence-electron chi connectivity index (χ0n) is 13.7. The van der Waals surface area contributed by atoms with Crippen molar-refractivity contribution >= 4 is 39.2 Å². The summed E-state index contributed by atoms with van der Waals surface area (Å²) in [6.07, 6.45) is 2.50. The molecule has 0 saturated heterocycles. The molecule has 0 bridgehead atoms. The fraction of sp³-hybridized carbons (Fsp3) is 0.278. The summed E-state index contributed by atoms with van der Waals surface area (Å²) in [6, 6.07) is 12.6. The Morgan fingerprint density at radius 2 is 2.08 bits per heavy atom. The number of carbonyl (C=O) groups is 1. The lowest BCUT2D eigenvalue weighted by Gasteiger charge is -2.10. The average molecular weight is 358 g/mol. The molecular formula is C18H19N3OS2. The molecule has 1 aromatic carbocycles. The van der Waals surface area contributed by atoms with Crippen LogP contribution in [0.2, 0.25) is 0 Å². The average Bonchev–Trinajstić information content (AvgIpc) is 3.05. The standard InChI is InChI=1S/C18H19N3OS2/c1-3-12(2)21-16(22)10-23-17-14-9-15(13-7-5-4-6-8-13)24-18(14)20-11-19-17/h4-9,11-12H,3,10H2,1-2H3,(H,21,22)/t12-/m0/s1. The van der Waals surface area contributed by atoms with E-state index in [4.69, 9.17) is 0 Å². The number of thioether (sulfide) groups is 1. The third-order valence-electron chi connectivity index (χ3n) is 3.71. The van der Waals surface area contributed by atoms with Gasteiger partial charge in [-0.15, -0.1) is 11.3 Å². The van der Waals surface area contributed by atoms with Crippen molar-refractivity contribution in [2.24, 2.45) is 0 Å². The highest BCUT2D eigenvalue weighted by Gasteiger charge is 2.12. The van der Waals surface area contributed by atoms with E-state index in [-0.39, 0.29) is 11.9 Å². The Morgan fingerprint density at radius 1 is 1.29 bits per heavy atom. The molecule has 0 aliphatic rings. The molecular weight excluding hydrogens is 338 g/mol. The molecule has 0 aliphatic carbocycles. The summed E-state index contributed by atoms with van der Waals surface area (Å²) < 4.78 is 0. The summed E-state index contributed by atoms with van der Waals surface area (Å²) >= 11 is 3.11. The molecule has 0 unspecified atom stereocenters. The minimum Gasteiger partial charge on any atom is -0.353 e. The summed E-state index contributed by atoms with van der Waals surface area (Å²) in [4.78, 5) is 22.8. The lowest BCUT2D eigenvalue weighted by molar-refractivity contribution is -0.119. The fourth-order valence-corrected chi connectivity index (χ4v) is 4.10. The van der Waals surface area contributed by atoms with E-state index in [0.717, 1.165) is 26.5 Å². The quantitative estimate of drug-likeness (QED) is 0.526. The first kappa shape index (κ1) is 16.9. The maximum atomic E-state index is 12.0. The van der Waals surface area contributed by atoms with Crippen molar-refractivity contribution in [2.45, 2.75) is 31.3 Å². The summed E-state index contributed by atoms with van der Waals surface area (Å²) in [7, 11) is 0. The van der Waals surface area contributed by atoms with Crippen LogP contribution < -0.4 is 5.32 Å². The number of nitrogens with one attached hydrogen (secondary N) is 1. The van der Waals surface area contributed by atoms with Crippen molar-refractivity contribution < 1.29 is 4.79 Å². The topological polar surface area (TPSA) is 54.9 Å². The van der Waals surface area contributed by atoms with Gasteiger partial charge >= 0.3 is 0 Å². The summed E-state index contributed by atoms with van der Waals surface area (Å²) in [5, 5.41) is 4.85. The lowest BCUT2D eigenvalue weighted by atomic mass is 10.2. The second-order valence-corrected chi connectivity index (χ2v) is 7.53. The second kappa shape index (κ2) is 7.77. The second-order valence-electron chi connectivity index (χ2n) is 5.54. The predicted octanol–water partition coefficient (Wildman–Crippen LogP) is 4.37. The van der Waals surface area contributed by atoms with Gasteiger partial charge in [-0.05, 0) is 25.0 Å². The Balaban J connectivity index is 1.79. The van der Waals surface area contributed by atoms with Gasteiger partial charge in [0.05, 0.1) is 5.75 Å². The molecule has 2 aromatic heterocycles. The Labute approximate surface area is 149 Å². The number of thiophene rings is 1. The molecule has 6 heteroatoms. The first-order chi connectivity index (χ1) is 11.7. The van der Waals surface area contributed by atoms with E-state index in [2.05, 4.69) is 40.4 Å². The maximum Gasteiger partial charge on any atom is 0.230 e. The van der Waals surface area contributed by atoms with Crippen molar-refractivity contribution in [3.63, 3.8) is 0 Å². The molecule has 124 valence electrons. The fourth-order valence-electron chi connectivity index (χ4n) is 2.25. The van der Waals surface area contributed by atoms with Crippen LogP contribution in [0, 0.1) is 0 Å². The summed E-state index contributed by atoms with van der Waals surface area (Å²) in [5.41, 5.74) is 1.17. The summed E-state index contributed by atoms with van der Waals surface area (Å²) in [5.74, 6) is 0.409. The van der Waals surface area contributed by atoms with Gasteiger partial charge < -0.3 is 5.32 Å². The van der Waals surface area contributed by atoms with Gasteiger partial charge in [-0.25, -0.2) is 9.97 Å². The molecule has 0 aliphatic heterocycles. The zero-order valence-corrected chi connectivity index (χ0v) is 15.3. The molecule has 2 heterocycles. The molecule has 0 spiro atoms. The van der Waals surface area contributed by atoms with Gasteiger partial charge in [0.25, 0.3) is 0 Å². The van der Waals surface area contributed by atoms with Gasteiger partial charge in [0.15, 0.2) is 0 Å². The van der Waals surface area contributed by atoms with Crippen LogP contribution in [0.5, 0.6) is 0 Å². The van der Waals surface area contributed by atoms with Gasteiger partial charge in [0.1, 0.15) is 16.2 Å². The van der Waals surface area contributed by atoms with Crippen LogP contribution in [-0.2, 0) is 4.79 Å². The number of carbonyl (C=O) groups excluding carboxylic acids is 1. The highest BCUT2D eigenvalue weighted by Crippen LogP contribution is 2.35. The van der Waals surface area contributed by atoms with Gasteiger partial charge in [-0.3, -0.25) is 4.79 Å². The number of aromatic nitrogens is 2. The van der Waals surface area contributed by atoms with Crippen LogP contribution in [0.25, 0.3) is 20.7 Å². The smallest absolute Gasteiger partial charge is 0.230 e. The Bertz CT molecular complexity index is 833. The molecule has 0 saturated carbocycles. The van der Waals surface area contributed by atoms with Crippen LogP contribution in [0.3, 0.4) is 0 Å². The normalized spacial score (nSPS) is 12.2. The van der Waals surface area contributed by atoms with Crippen molar-refractivity contribution in [3.05, 3.63) is 42.7 Å². The van der Waals surface area contributed by atoms with Crippen molar-refractivity contribution in [1.29, 1.82) is 0 Å². The first-order valence-corrected chi connectivity index (χ1v) is 9.69. The molecule has 1 atom stereocenters. The molecule has 1 N–H and O–H groups in total. The Morgan fingerprint density at radius 3 is 2.83 bits per heavy atom. The third-order valence-corrected chi connectivity index (χ3v) is 5.81. The van der Waals surface area contributed by atoms with Gasteiger partial charge in [0.2, 0.25) is 5.91 Å². The number of hydrogen-bond donors (Lipinski definition) is 1. The summed E-state index contributed by atoms with van der Waals surface area (Å²) in [6.45, 7) is 4.07. The molecule has 3 rings (SSSR count). The number of amides is 1. The van der Waals surface area contributed by atoms with Crippen LogP contribution in [0.4, 0.5) is 0 Å². The van der Waals surface area contributed by atoms with E-state index < -0.39 is 0 Å². The molecule has 1 amide bonds. The maximum absolute atomic E-state index is 12.0. The van der Waals surface area contributed by atoms with E-state index in [1.807, 2.05) is 25.1 Å². The Kier molecular flexibility index (Phi) is 5.48. The number of hydrogen-bond acceptors (Lipinski definition) is 5. The van der Waals surface area contributed by atoms with Gasteiger partial charge in [-0.2, -0.15) is 0 Å². The van der Waals surface area contributed by atoms with Crippen molar-refractivity contribution in [1.82, 2.24) is 15.3 Å². The Hall–Kier alpha value is -1.92. The number of benzene rings is 1. The first-order valence-electron chi connectivity index (χ1n) is 7.89. The number of rotatable bonds is 6. The number of nitrogens with zero attached hydrogens (tertiary/aromatic N) is 2. The van der Waals surface area contributed by atoms with E-state index in [9.17, 15) is 4.79 Å². The zero-order chi connectivity index (χ0) is 16.9. The SMILES string of the molecule is CC[C@H](C)NC(=O)CSc1ncnc2sc(-c3ccccc3)cc12. The number of fused-ring (bicyclic) bond motifs is 1. The van der Waals surface area contributed by atoms with E-state index in [0.29, 0.717) is 5.75 Å². The highest BCUT2D eigenvalue weighted by atomic mass is 32.2. The largest absolute Gasteiger partial charge is 0.353 e. The van der Waals surface area contributed by atoms with Crippen LogP contribution in [0.15, 0.2) is 47.8 Å². The van der Waals surface area contributed by atoms with Crippen LogP contribution >= 0.6 is 23.1 Å².